The van der Waals surface area contributed by atoms with Gasteiger partial charge in [0.2, 0.25) is 5.91 Å². The number of hydrogen-bond acceptors (Lipinski definition) is 6. The van der Waals surface area contributed by atoms with E-state index in [1.165, 1.54) is 16.3 Å². The number of aryl methyl sites for hydroxylation is 1. The van der Waals surface area contributed by atoms with Crippen LogP contribution < -0.4 is 10.5 Å². The van der Waals surface area contributed by atoms with Gasteiger partial charge in [-0.1, -0.05) is 6.07 Å². The number of aromatic nitrogens is 2. The van der Waals surface area contributed by atoms with E-state index in [0.29, 0.717) is 24.4 Å². The van der Waals surface area contributed by atoms with Gasteiger partial charge in [0.25, 0.3) is 5.56 Å². The molecule has 2 saturated heterocycles. The van der Waals surface area contributed by atoms with Crippen molar-refractivity contribution in [2.75, 3.05) is 31.1 Å². The molecule has 3 aliphatic heterocycles. The Morgan fingerprint density at radius 3 is 2.59 bits per heavy atom. The summed E-state index contributed by atoms with van der Waals surface area (Å²) in [5.74, 6) is -0.0933. The Hall–Kier alpha value is -3.00. The van der Waals surface area contributed by atoms with E-state index >= 15 is 0 Å². The Morgan fingerprint density at radius 1 is 1.09 bits per heavy atom. The SMILES string of the molecule is Cc1c(CCN2CCC3(CC2)CCN(c2cnn(C)c(=O)c2)C3=O)ccc2c1COC2=O. The van der Waals surface area contributed by atoms with Gasteiger partial charge in [-0.3, -0.25) is 9.59 Å². The minimum atomic E-state index is -0.321. The highest BCUT2D eigenvalue weighted by molar-refractivity contribution is 5.99. The summed E-state index contributed by atoms with van der Waals surface area (Å²) < 4.78 is 6.43. The van der Waals surface area contributed by atoms with Crippen LogP contribution in [0.25, 0.3) is 0 Å². The second-order valence-corrected chi connectivity index (χ2v) is 9.21. The minimum absolute atomic E-state index is 0.131. The molecule has 0 radical (unpaired) electrons. The van der Waals surface area contributed by atoms with Gasteiger partial charge in [0.15, 0.2) is 0 Å². The third kappa shape index (κ3) is 3.43. The van der Waals surface area contributed by atoms with E-state index in [4.69, 9.17) is 4.74 Å². The van der Waals surface area contributed by atoms with E-state index in [1.807, 2.05) is 12.1 Å². The van der Waals surface area contributed by atoms with Gasteiger partial charge in [-0.15, -0.1) is 0 Å². The molecule has 0 bridgehead atoms. The van der Waals surface area contributed by atoms with Crippen molar-refractivity contribution in [2.24, 2.45) is 12.5 Å². The molecule has 1 aromatic heterocycles. The Morgan fingerprint density at radius 2 is 1.84 bits per heavy atom. The monoisotopic (exact) mass is 436 g/mol. The van der Waals surface area contributed by atoms with Gasteiger partial charge >= 0.3 is 5.97 Å². The summed E-state index contributed by atoms with van der Waals surface area (Å²) in [7, 11) is 1.60. The third-order valence-electron chi connectivity index (χ3n) is 7.57. The number of likely N-dealkylation sites (tertiary alicyclic amines) is 1. The Kier molecular flexibility index (Phi) is 5.12. The highest BCUT2D eigenvalue weighted by Crippen LogP contribution is 2.42. The summed E-state index contributed by atoms with van der Waals surface area (Å²) in [6.45, 7) is 5.80. The molecule has 3 aliphatic rings. The lowest BCUT2D eigenvalue weighted by Gasteiger charge is -2.38. The first kappa shape index (κ1) is 20.9. The number of carbonyl (C=O) groups is 2. The smallest absolute Gasteiger partial charge is 0.338 e. The van der Waals surface area contributed by atoms with E-state index in [-0.39, 0.29) is 22.9 Å². The van der Waals surface area contributed by atoms with Crippen LogP contribution in [0, 0.1) is 12.3 Å². The maximum atomic E-state index is 13.3. The molecule has 0 saturated carbocycles. The quantitative estimate of drug-likeness (QED) is 0.680. The number of hydrogen-bond donors (Lipinski definition) is 0. The van der Waals surface area contributed by atoms with Gasteiger partial charge in [-0.05, 0) is 62.9 Å². The van der Waals surface area contributed by atoms with Gasteiger partial charge in [-0.2, -0.15) is 5.10 Å². The molecule has 1 spiro atoms. The molecule has 0 N–H and O–H groups in total. The number of esters is 1. The molecule has 0 aliphatic carbocycles. The summed E-state index contributed by atoms with van der Waals surface area (Å²) in [4.78, 5) is 41.1. The maximum absolute atomic E-state index is 13.3. The van der Waals surface area contributed by atoms with Crippen LogP contribution in [-0.2, 0) is 29.6 Å². The lowest BCUT2D eigenvalue weighted by Crippen LogP contribution is -2.45. The van der Waals surface area contributed by atoms with Crippen LogP contribution in [0.5, 0.6) is 0 Å². The lowest BCUT2D eigenvalue weighted by atomic mass is 9.77. The standard InChI is InChI=1S/C24H28N4O4/c1-16-17(3-4-19-20(16)15-32-22(19)30)5-9-27-10-6-24(7-11-27)8-12-28(23(24)31)18-13-21(29)26(2)25-14-18/h3-4,13-14H,5-12,15H2,1-2H3. The zero-order valence-electron chi connectivity index (χ0n) is 18.6. The van der Waals surface area contributed by atoms with Crippen LogP contribution in [0.4, 0.5) is 5.69 Å². The molecule has 8 nitrogen and oxygen atoms in total. The molecule has 4 heterocycles. The topological polar surface area (TPSA) is 84.7 Å². The molecular weight excluding hydrogens is 408 g/mol. The fraction of sp³-hybridized carbons (Fsp3) is 0.500. The normalized spacial score (nSPS) is 20.1. The van der Waals surface area contributed by atoms with Gasteiger partial charge in [0.05, 0.1) is 22.9 Å². The van der Waals surface area contributed by atoms with E-state index in [2.05, 4.69) is 16.9 Å². The average molecular weight is 437 g/mol. The van der Waals surface area contributed by atoms with Crippen molar-refractivity contribution >= 4 is 17.6 Å². The number of piperidine rings is 1. The number of nitrogens with zero attached hydrogens (tertiary/aromatic N) is 4. The number of ether oxygens (including phenoxy) is 1. The number of benzene rings is 1. The molecule has 5 rings (SSSR count). The van der Waals surface area contributed by atoms with Crippen LogP contribution in [0.3, 0.4) is 0 Å². The van der Waals surface area contributed by atoms with Gasteiger partial charge in [0.1, 0.15) is 6.61 Å². The summed E-state index contributed by atoms with van der Waals surface area (Å²) in [6, 6.07) is 5.43. The largest absolute Gasteiger partial charge is 0.457 e. The van der Waals surface area contributed by atoms with Crippen molar-refractivity contribution in [1.82, 2.24) is 14.7 Å². The second kappa shape index (κ2) is 7.85. The van der Waals surface area contributed by atoms with E-state index in [9.17, 15) is 14.4 Å². The molecule has 32 heavy (non-hydrogen) atoms. The van der Waals surface area contributed by atoms with Gasteiger partial charge in [-0.25, -0.2) is 9.48 Å². The molecule has 8 heteroatoms. The molecule has 168 valence electrons. The number of rotatable bonds is 4. The van der Waals surface area contributed by atoms with Crippen molar-refractivity contribution in [3.8, 4) is 0 Å². The van der Waals surface area contributed by atoms with Crippen LogP contribution in [0.2, 0.25) is 0 Å². The average Bonchev–Trinajstić information content (AvgIpc) is 3.32. The van der Waals surface area contributed by atoms with Gasteiger partial charge in [0, 0.05) is 31.8 Å². The first-order chi connectivity index (χ1) is 15.4. The summed E-state index contributed by atoms with van der Waals surface area (Å²) in [6.07, 6.45) is 5.02. The van der Waals surface area contributed by atoms with Crippen LogP contribution in [-0.4, -0.2) is 52.7 Å². The van der Waals surface area contributed by atoms with E-state index in [0.717, 1.165) is 56.4 Å². The first-order valence-corrected chi connectivity index (χ1v) is 11.2. The molecule has 0 unspecified atom stereocenters. The second-order valence-electron chi connectivity index (χ2n) is 9.21. The van der Waals surface area contributed by atoms with Crippen molar-refractivity contribution in [3.05, 3.63) is 57.0 Å². The van der Waals surface area contributed by atoms with Crippen molar-refractivity contribution in [1.29, 1.82) is 0 Å². The molecule has 2 fully saturated rings. The lowest BCUT2D eigenvalue weighted by molar-refractivity contribution is -0.128. The molecule has 1 aromatic carbocycles. The Balaban J connectivity index is 1.20. The first-order valence-electron chi connectivity index (χ1n) is 11.2. The van der Waals surface area contributed by atoms with E-state index < -0.39 is 0 Å². The fourth-order valence-electron chi connectivity index (χ4n) is 5.29. The number of anilines is 1. The number of fused-ring (bicyclic) bond motifs is 1. The molecule has 2 aromatic rings. The summed E-state index contributed by atoms with van der Waals surface area (Å²) in [5, 5.41) is 4.06. The maximum Gasteiger partial charge on any atom is 0.338 e. The highest BCUT2D eigenvalue weighted by atomic mass is 16.5. The van der Waals surface area contributed by atoms with Crippen LogP contribution >= 0.6 is 0 Å². The zero-order chi connectivity index (χ0) is 22.5. The van der Waals surface area contributed by atoms with Crippen molar-refractivity contribution in [2.45, 2.75) is 39.2 Å². The summed E-state index contributed by atoms with van der Waals surface area (Å²) in [5.41, 5.74) is 4.21. The molecular formula is C24H28N4O4. The third-order valence-corrected chi connectivity index (χ3v) is 7.57. The number of amides is 1. The van der Waals surface area contributed by atoms with Gasteiger partial charge < -0.3 is 14.5 Å². The van der Waals surface area contributed by atoms with Crippen molar-refractivity contribution < 1.29 is 14.3 Å². The molecule has 1 amide bonds. The van der Waals surface area contributed by atoms with Crippen molar-refractivity contribution in [3.63, 3.8) is 0 Å². The fourth-order valence-corrected chi connectivity index (χ4v) is 5.29. The number of cyclic esters (lactones) is 1. The van der Waals surface area contributed by atoms with Crippen LogP contribution in [0.15, 0.2) is 29.2 Å². The Bertz CT molecular complexity index is 1150. The number of carbonyl (C=O) groups excluding carboxylic acids is 2. The van der Waals surface area contributed by atoms with Crippen LogP contribution in [0.1, 0.15) is 46.3 Å². The minimum Gasteiger partial charge on any atom is -0.457 e. The molecule has 0 atom stereocenters. The summed E-state index contributed by atoms with van der Waals surface area (Å²) >= 11 is 0. The Labute approximate surface area is 186 Å². The predicted octanol–water partition coefficient (Wildman–Crippen LogP) is 1.82. The van der Waals surface area contributed by atoms with E-state index in [1.54, 1.807) is 18.1 Å². The zero-order valence-corrected chi connectivity index (χ0v) is 18.6. The highest BCUT2D eigenvalue weighted by Gasteiger charge is 2.48. The predicted molar refractivity (Wildman–Crippen MR) is 119 cm³/mol.